The van der Waals surface area contributed by atoms with Gasteiger partial charge in [0.2, 0.25) is 0 Å². The molecule has 1 fully saturated rings. The predicted molar refractivity (Wildman–Crippen MR) is 83.9 cm³/mol. The van der Waals surface area contributed by atoms with Crippen molar-refractivity contribution in [2.45, 2.75) is 12.5 Å². The van der Waals surface area contributed by atoms with Crippen molar-refractivity contribution in [2.24, 2.45) is 5.92 Å². The lowest BCUT2D eigenvalue weighted by Gasteiger charge is -2.18. The monoisotopic (exact) mass is 295 g/mol. The molecular formula is C14H17NS3. The van der Waals surface area contributed by atoms with Crippen molar-refractivity contribution in [2.75, 3.05) is 18.1 Å². The Morgan fingerprint density at radius 1 is 1.17 bits per heavy atom. The molecule has 0 saturated carbocycles. The number of thioether (sulfide) groups is 1. The summed E-state index contributed by atoms with van der Waals surface area (Å²) in [4.78, 5) is 2.87. The van der Waals surface area contributed by atoms with E-state index >= 15 is 0 Å². The number of thiophene rings is 2. The van der Waals surface area contributed by atoms with Crippen molar-refractivity contribution in [3.8, 4) is 0 Å². The van der Waals surface area contributed by atoms with Gasteiger partial charge in [0.15, 0.2) is 0 Å². The van der Waals surface area contributed by atoms with Gasteiger partial charge in [-0.15, -0.1) is 22.7 Å². The number of hydrogen-bond donors (Lipinski definition) is 1. The van der Waals surface area contributed by atoms with E-state index in [2.05, 4.69) is 52.1 Å². The first-order chi connectivity index (χ1) is 8.93. The Morgan fingerprint density at radius 3 is 2.39 bits per heavy atom. The predicted octanol–water partition coefficient (Wildman–Crippen LogP) is 4.24. The average molecular weight is 295 g/mol. The van der Waals surface area contributed by atoms with Crippen LogP contribution in [0.5, 0.6) is 0 Å². The number of rotatable bonds is 5. The second-order valence-corrected chi connectivity index (χ2v) is 7.71. The first kappa shape index (κ1) is 12.7. The lowest BCUT2D eigenvalue weighted by Crippen LogP contribution is -2.27. The minimum absolute atomic E-state index is 0.399. The average Bonchev–Trinajstić information content (AvgIpc) is 3.14. The van der Waals surface area contributed by atoms with Gasteiger partial charge in [0.05, 0.1) is 6.04 Å². The van der Waals surface area contributed by atoms with Crippen molar-refractivity contribution in [3.63, 3.8) is 0 Å². The van der Waals surface area contributed by atoms with Crippen LogP contribution in [-0.2, 0) is 0 Å². The maximum Gasteiger partial charge on any atom is 0.0764 e. The second kappa shape index (κ2) is 6.24. The Labute approximate surface area is 121 Å². The Bertz CT molecular complexity index is 409. The van der Waals surface area contributed by atoms with Crippen LogP contribution in [0.25, 0.3) is 0 Å². The van der Waals surface area contributed by atoms with Crippen LogP contribution in [-0.4, -0.2) is 18.1 Å². The summed E-state index contributed by atoms with van der Waals surface area (Å²) in [6.07, 6.45) is 1.37. The van der Waals surface area contributed by atoms with Crippen LogP contribution < -0.4 is 5.32 Å². The molecule has 2 aromatic rings. The van der Waals surface area contributed by atoms with E-state index in [4.69, 9.17) is 0 Å². The molecule has 4 heteroatoms. The maximum absolute atomic E-state index is 3.77. The molecular weight excluding hydrogens is 278 g/mol. The normalized spacial score (nSPS) is 19.7. The van der Waals surface area contributed by atoms with Crippen LogP contribution in [0, 0.1) is 5.92 Å². The fourth-order valence-electron chi connectivity index (χ4n) is 2.28. The Morgan fingerprint density at radius 2 is 1.89 bits per heavy atom. The fourth-order valence-corrected chi connectivity index (χ4v) is 5.28. The molecule has 1 saturated heterocycles. The summed E-state index contributed by atoms with van der Waals surface area (Å²) in [6, 6.07) is 9.17. The van der Waals surface area contributed by atoms with Crippen LogP contribution >= 0.6 is 34.4 Å². The van der Waals surface area contributed by atoms with Crippen molar-refractivity contribution in [1.29, 1.82) is 0 Å². The highest BCUT2D eigenvalue weighted by atomic mass is 32.2. The molecule has 3 heterocycles. The molecule has 1 atom stereocenters. The summed E-state index contributed by atoms with van der Waals surface area (Å²) in [5, 5.41) is 8.11. The second-order valence-electron chi connectivity index (χ2n) is 4.60. The summed E-state index contributed by atoms with van der Waals surface area (Å²) in [5.41, 5.74) is 0. The van der Waals surface area contributed by atoms with Gasteiger partial charge in [-0.3, -0.25) is 0 Å². The summed E-state index contributed by atoms with van der Waals surface area (Å²) < 4.78 is 0. The lowest BCUT2D eigenvalue weighted by atomic mass is 10.1. The molecule has 0 spiro atoms. The van der Waals surface area contributed by atoms with Crippen molar-refractivity contribution in [1.82, 2.24) is 5.32 Å². The van der Waals surface area contributed by atoms with Crippen LogP contribution in [0.3, 0.4) is 0 Å². The third kappa shape index (κ3) is 2.99. The zero-order chi connectivity index (χ0) is 12.2. The van der Waals surface area contributed by atoms with Gasteiger partial charge in [0.1, 0.15) is 0 Å². The summed E-state index contributed by atoms with van der Waals surface area (Å²) >= 11 is 5.80. The Kier molecular flexibility index (Phi) is 4.41. The molecule has 18 heavy (non-hydrogen) atoms. The molecule has 0 aromatic carbocycles. The van der Waals surface area contributed by atoms with Crippen LogP contribution in [0.1, 0.15) is 22.2 Å². The molecule has 1 nitrogen and oxygen atoms in total. The van der Waals surface area contributed by atoms with Crippen LogP contribution in [0.2, 0.25) is 0 Å². The van der Waals surface area contributed by atoms with E-state index in [0.29, 0.717) is 6.04 Å². The zero-order valence-electron chi connectivity index (χ0n) is 10.2. The largest absolute Gasteiger partial charge is 0.305 e. The van der Waals surface area contributed by atoms with E-state index < -0.39 is 0 Å². The smallest absolute Gasteiger partial charge is 0.0764 e. The van der Waals surface area contributed by atoms with Crippen molar-refractivity contribution < 1.29 is 0 Å². The topological polar surface area (TPSA) is 12.0 Å². The summed E-state index contributed by atoms with van der Waals surface area (Å²) in [5.74, 6) is 3.53. The van der Waals surface area contributed by atoms with E-state index in [9.17, 15) is 0 Å². The van der Waals surface area contributed by atoms with E-state index in [1.165, 1.54) is 27.7 Å². The Balaban J connectivity index is 1.70. The standard InChI is InChI=1S/C14H17NS3/c1-3-12(17-6-1)14(13-4-2-7-18-13)15-9-11-5-8-16-10-11/h1-4,6-7,11,14-15H,5,8-10H2. The minimum Gasteiger partial charge on any atom is -0.305 e. The van der Waals surface area contributed by atoms with Gasteiger partial charge in [-0.1, -0.05) is 12.1 Å². The van der Waals surface area contributed by atoms with E-state index in [1.807, 2.05) is 22.7 Å². The minimum atomic E-state index is 0.399. The van der Waals surface area contributed by atoms with Crippen LogP contribution in [0.15, 0.2) is 35.0 Å². The quantitative estimate of drug-likeness (QED) is 0.885. The third-order valence-electron chi connectivity index (χ3n) is 3.29. The summed E-state index contributed by atoms with van der Waals surface area (Å²) in [6.45, 7) is 1.15. The van der Waals surface area contributed by atoms with Crippen LogP contribution in [0.4, 0.5) is 0 Å². The number of nitrogens with one attached hydrogen (secondary N) is 1. The molecule has 1 unspecified atom stereocenters. The maximum atomic E-state index is 3.77. The molecule has 0 radical (unpaired) electrons. The van der Waals surface area contributed by atoms with E-state index in [1.54, 1.807) is 0 Å². The summed E-state index contributed by atoms with van der Waals surface area (Å²) in [7, 11) is 0. The van der Waals surface area contributed by atoms with Crippen molar-refractivity contribution >= 4 is 34.4 Å². The highest BCUT2D eigenvalue weighted by molar-refractivity contribution is 7.99. The SMILES string of the molecule is c1csc(C(NCC2CCSC2)c2cccs2)c1. The molecule has 3 rings (SSSR count). The van der Waals surface area contributed by atoms with Gasteiger partial charge >= 0.3 is 0 Å². The van der Waals surface area contributed by atoms with E-state index in [0.717, 1.165) is 12.5 Å². The van der Waals surface area contributed by atoms with Gasteiger partial charge in [-0.2, -0.15) is 11.8 Å². The molecule has 0 aliphatic carbocycles. The zero-order valence-corrected chi connectivity index (χ0v) is 12.6. The molecule has 0 amide bonds. The molecule has 1 aliphatic rings. The van der Waals surface area contributed by atoms with E-state index in [-0.39, 0.29) is 0 Å². The Hall–Kier alpha value is -0.290. The molecule has 1 N–H and O–H groups in total. The first-order valence-electron chi connectivity index (χ1n) is 6.31. The molecule has 1 aliphatic heterocycles. The molecule has 96 valence electrons. The van der Waals surface area contributed by atoms with Gasteiger partial charge in [0, 0.05) is 9.75 Å². The van der Waals surface area contributed by atoms with Gasteiger partial charge in [-0.05, 0) is 53.3 Å². The highest BCUT2D eigenvalue weighted by Gasteiger charge is 2.20. The third-order valence-corrected chi connectivity index (χ3v) is 6.40. The fraction of sp³-hybridized carbons (Fsp3) is 0.429. The van der Waals surface area contributed by atoms with Crippen molar-refractivity contribution in [3.05, 3.63) is 44.8 Å². The lowest BCUT2D eigenvalue weighted by molar-refractivity contribution is 0.497. The number of hydrogen-bond acceptors (Lipinski definition) is 4. The highest BCUT2D eigenvalue weighted by Crippen LogP contribution is 2.30. The van der Waals surface area contributed by atoms with Gasteiger partial charge < -0.3 is 5.32 Å². The first-order valence-corrected chi connectivity index (χ1v) is 9.23. The van der Waals surface area contributed by atoms with Gasteiger partial charge in [0.25, 0.3) is 0 Å². The van der Waals surface area contributed by atoms with Gasteiger partial charge in [-0.25, -0.2) is 0 Å². The molecule has 0 bridgehead atoms. The molecule has 2 aromatic heterocycles.